The van der Waals surface area contributed by atoms with Gasteiger partial charge in [0.2, 0.25) is 0 Å². The van der Waals surface area contributed by atoms with E-state index in [1.165, 1.54) is 12.1 Å². The highest BCUT2D eigenvalue weighted by Gasteiger charge is 2.22. The van der Waals surface area contributed by atoms with Crippen LogP contribution >= 0.6 is 0 Å². The third kappa shape index (κ3) is 2.89. The number of nitrogens with one attached hydrogen (secondary N) is 1. The van der Waals surface area contributed by atoms with Gasteiger partial charge in [0, 0.05) is 24.5 Å². The van der Waals surface area contributed by atoms with Gasteiger partial charge in [-0.2, -0.15) is 10.2 Å². The van der Waals surface area contributed by atoms with Crippen molar-refractivity contribution in [1.82, 2.24) is 4.98 Å². The maximum absolute atomic E-state index is 13.2. The minimum absolute atomic E-state index is 0.210. The Morgan fingerprint density at radius 2 is 1.95 bits per heavy atom. The Hall–Kier alpha value is -2.93. The molecule has 0 fully saturated rings. The van der Waals surface area contributed by atoms with E-state index in [-0.39, 0.29) is 12.4 Å². The van der Waals surface area contributed by atoms with Gasteiger partial charge in [-0.05, 0) is 30.3 Å². The first-order valence-corrected chi connectivity index (χ1v) is 6.63. The molecule has 0 saturated carbocycles. The second kappa shape index (κ2) is 6.23. The predicted molar refractivity (Wildman–Crippen MR) is 84.7 cm³/mol. The number of halogens is 1. The SMILES string of the molecule is NCC1=NN=C(c2ccncc2)/C1=N\Nc1cccc(F)c1. The number of aromatic nitrogens is 1. The summed E-state index contributed by atoms with van der Waals surface area (Å²) in [4.78, 5) is 3.97. The quantitative estimate of drug-likeness (QED) is 0.843. The minimum atomic E-state index is -0.340. The first-order chi connectivity index (χ1) is 10.8. The molecule has 1 aliphatic heterocycles. The van der Waals surface area contributed by atoms with E-state index in [9.17, 15) is 4.39 Å². The van der Waals surface area contributed by atoms with Crippen molar-refractivity contribution in [2.45, 2.75) is 0 Å². The van der Waals surface area contributed by atoms with Crippen molar-refractivity contribution in [2.24, 2.45) is 21.0 Å². The number of hydrogen-bond acceptors (Lipinski definition) is 6. The largest absolute Gasteiger partial charge is 0.325 e. The number of hydrazone groups is 1. The van der Waals surface area contributed by atoms with E-state index < -0.39 is 0 Å². The monoisotopic (exact) mass is 296 g/mol. The maximum Gasteiger partial charge on any atom is 0.136 e. The molecule has 0 aliphatic carbocycles. The molecule has 0 radical (unpaired) electrons. The van der Waals surface area contributed by atoms with Crippen LogP contribution in [0.3, 0.4) is 0 Å². The van der Waals surface area contributed by atoms with Crippen molar-refractivity contribution >= 4 is 22.8 Å². The molecule has 2 aromatic rings. The molecule has 0 saturated heterocycles. The van der Waals surface area contributed by atoms with Gasteiger partial charge in [-0.1, -0.05) is 6.07 Å². The lowest BCUT2D eigenvalue weighted by Crippen LogP contribution is -2.28. The molecule has 3 N–H and O–H groups in total. The van der Waals surface area contributed by atoms with Gasteiger partial charge in [0.25, 0.3) is 0 Å². The molecule has 6 nitrogen and oxygen atoms in total. The fourth-order valence-electron chi connectivity index (χ4n) is 1.98. The van der Waals surface area contributed by atoms with Crippen LogP contribution < -0.4 is 11.2 Å². The summed E-state index contributed by atoms with van der Waals surface area (Å²) in [7, 11) is 0. The highest BCUT2D eigenvalue weighted by atomic mass is 19.1. The van der Waals surface area contributed by atoms with Crippen molar-refractivity contribution in [2.75, 3.05) is 12.0 Å². The fourth-order valence-corrected chi connectivity index (χ4v) is 1.98. The predicted octanol–water partition coefficient (Wildman–Crippen LogP) is 1.81. The van der Waals surface area contributed by atoms with Crippen LogP contribution in [0.4, 0.5) is 10.1 Å². The van der Waals surface area contributed by atoms with Crippen molar-refractivity contribution in [3.8, 4) is 0 Å². The van der Waals surface area contributed by atoms with Crippen LogP contribution in [0.15, 0.2) is 64.1 Å². The van der Waals surface area contributed by atoms with Gasteiger partial charge in [-0.15, -0.1) is 5.10 Å². The van der Waals surface area contributed by atoms with E-state index in [1.807, 2.05) is 12.1 Å². The van der Waals surface area contributed by atoms with Crippen molar-refractivity contribution in [3.05, 3.63) is 60.2 Å². The molecule has 2 heterocycles. The molecule has 0 atom stereocenters. The highest BCUT2D eigenvalue weighted by Crippen LogP contribution is 2.12. The van der Waals surface area contributed by atoms with E-state index in [1.54, 1.807) is 24.5 Å². The van der Waals surface area contributed by atoms with E-state index in [0.717, 1.165) is 5.56 Å². The molecule has 3 rings (SSSR count). The van der Waals surface area contributed by atoms with Crippen LogP contribution in [0.2, 0.25) is 0 Å². The summed E-state index contributed by atoms with van der Waals surface area (Å²) < 4.78 is 13.2. The Labute approximate surface area is 126 Å². The molecule has 1 aliphatic rings. The summed E-state index contributed by atoms with van der Waals surface area (Å²) in [6, 6.07) is 9.65. The molecule has 1 aromatic carbocycles. The molecule has 1 aromatic heterocycles. The van der Waals surface area contributed by atoms with E-state index >= 15 is 0 Å². The minimum Gasteiger partial charge on any atom is -0.325 e. The third-order valence-corrected chi connectivity index (χ3v) is 3.04. The van der Waals surface area contributed by atoms with Gasteiger partial charge in [-0.3, -0.25) is 10.4 Å². The lowest BCUT2D eigenvalue weighted by Gasteiger charge is -2.06. The summed E-state index contributed by atoms with van der Waals surface area (Å²) in [6.07, 6.45) is 3.33. The third-order valence-electron chi connectivity index (χ3n) is 3.04. The van der Waals surface area contributed by atoms with Gasteiger partial charge in [0.15, 0.2) is 0 Å². The summed E-state index contributed by atoms with van der Waals surface area (Å²) in [5.74, 6) is -0.340. The van der Waals surface area contributed by atoms with Crippen LogP contribution in [0.5, 0.6) is 0 Å². The van der Waals surface area contributed by atoms with Crippen molar-refractivity contribution in [3.63, 3.8) is 0 Å². The molecular weight excluding hydrogens is 283 g/mol. The average Bonchev–Trinajstić information content (AvgIpc) is 2.97. The zero-order valence-corrected chi connectivity index (χ0v) is 11.6. The lowest BCUT2D eigenvalue weighted by atomic mass is 10.0. The molecule has 0 unspecified atom stereocenters. The number of rotatable bonds is 4. The normalized spacial score (nSPS) is 15.6. The number of benzene rings is 1. The van der Waals surface area contributed by atoms with Crippen molar-refractivity contribution < 1.29 is 4.39 Å². The van der Waals surface area contributed by atoms with E-state index in [2.05, 4.69) is 25.7 Å². The second-order valence-electron chi connectivity index (χ2n) is 4.52. The first-order valence-electron chi connectivity index (χ1n) is 6.63. The van der Waals surface area contributed by atoms with Gasteiger partial charge < -0.3 is 5.73 Å². The number of hydrogen-bond donors (Lipinski definition) is 2. The van der Waals surface area contributed by atoms with Crippen LogP contribution in [0, 0.1) is 5.82 Å². The Bertz CT molecular complexity index is 767. The molecular formula is C15H13FN6. The molecule has 0 bridgehead atoms. The topological polar surface area (TPSA) is 88.0 Å². The molecule has 110 valence electrons. The number of nitrogens with zero attached hydrogens (tertiary/aromatic N) is 4. The highest BCUT2D eigenvalue weighted by molar-refractivity contribution is 6.73. The second-order valence-corrected chi connectivity index (χ2v) is 4.52. The molecule has 0 amide bonds. The van der Waals surface area contributed by atoms with Crippen molar-refractivity contribution in [1.29, 1.82) is 0 Å². The number of anilines is 1. The Kier molecular flexibility index (Phi) is 3.97. The number of nitrogens with two attached hydrogens (primary N) is 1. The van der Waals surface area contributed by atoms with Crippen LogP contribution in [0.1, 0.15) is 5.56 Å². The Morgan fingerprint density at radius 3 is 2.68 bits per heavy atom. The standard InChI is InChI=1S/C15H13FN6/c16-11-2-1-3-12(8-11)19-22-15-13(9-17)20-21-14(15)10-4-6-18-7-5-10/h1-8,19H,9,17H2/b22-15-. The zero-order chi connectivity index (χ0) is 15.4. The average molecular weight is 296 g/mol. The van der Waals surface area contributed by atoms with Gasteiger partial charge >= 0.3 is 0 Å². The zero-order valence-electron chi connectivity index (χ0n) is 11.6. The van der Waals surface area contributed by atoms with E-state index in [4.69, 9.17) is 5.73 Å². The Morgan fingerprint density at radius 1 is 1.14 bits per heavy atom. The summed E-state index contributed by atoms with van der Waals surface area (Å²) in [5, 5.41) is 12.4. The summed E-state index contributed by atoms with van der Waals surface area (Å²) in [6.45, 7) is 0.210. The number of pyridine rings is 1. The smallest absolute Gasteiger partial charge is 0.136 e. The Balaban J connectivity index is 1.89. The van der Waals surface area contributed by atoms with E-state index in [0.29, 0.717) is 22.8 Å². The molecule has 0 spiro atoms. The first kappa shape index (κ1) is 14.0. The fraction of sp³-hybridized carbons (Fsp3) is 0.0667. The van der Waals surface area contributed by atoms with Crippen LogP contribution in [0.25, 0.3) is 0 Å². The molecule has 22 heavy (non-hydrogen) atoms. The lowest BCUT2D eigenvalue weighted by molar-refractivity contribution is 0.628. The summed E-state index contributed by atoms with van der Waals surface area (Å²) in [5.41, 5.74) is 11.6. The van der Waals surface area contributed by atoms with Crippen LogP contribution in [-0.4, -0.2) is 28.7 Å². The van der Waals surface area contributed by atoms with Gasteiger partial charge in [-0.25, -0.2) is 4.39 Å². The molecule has 7 heteroatoms. The maximum atomic E-state index is 13.2. The van der Waals surface area contributed by atoms with Gasteiger partial charge in [0.1, 0.15) is 23.0 Å². The summed E-state index contributed by atoms with van der Waals surface area (Å²) >= 11 is 0. The van der Waals surface area contributed by atoms with Gasteiger partial charge in [0.05, 0.1) is 5.69 Å². The van der Waals surface area contributed by atoms with Crippen LogP contribution in [-0.2, 0) is 0 Å².